The normalized spacial score (nSPS) is 61.5. The van der Waals surface area contributed by atoms with E-state index in [4.69, 9.17) is 0 Å². The lowest BCUT2D eigenvalue weighted by Gasteiger charge is -2.71. The Kier molecular flexibility index (Phi) is 4.71. The Hall–Kier alpha value is -0.120. The van der Waals surface area contributed by atoms with E-state index >= 15 is 0 Å². The van der Waals surface area contributed by atoms with Gasteiger partial charge in [-0.2, -0.15) is 0 Å². The van der Waals surface area contributed by atoms with Gasteiger partial charge in [-0.05, 0) is 80.0 Å². The zero-order chi connectivity index (χ0) is 19.9. The summed E-state index contributed by atoms with van der Waals surface area (Å²) in [7, 11) is 0. The maximum absolute atomic E-state index is 11.6. The molecule has 0 aromatic heterocycles. The maximum Gasteiger partial charge on any atom is 0.0678 e. The predicted octanol–water partition coefficient (Wildman–Crippen LogP) is 4.24. The predicted molar refractivity (Wildman–Crippen MR) is 106 cm³/mol. The van der Waals surface area contributed by atoms with Gasteiger partial charge in [0.05, 0.1) is 17.8 Å². The van der Waals surface area contributed by atoms with Crippen molar-refractivity contribution in [3.05, 3.63) is 0 Å². The number of hydrogen-bond acceptors (Lipinski definition) is 3. The van der Waals surface area contributed by atoms with Gasteiger partial charge in [0.2, 0.25) is 0 Å². The van der Waals surface area contributed by atoms with Crippen LogP contribution in [0, 0.1) is 45.8 Å². The second kappa shape index (κ2) is 5.94. The quantitative estimate of drug-likeness (QED) is 0.650. The van der Waals surface area contributed by atoms with Crippen molar-refractivity contribution in [2.75, 3.05) is 0 Å². The zero-order valence-corrected chi connectivity index (χ0v) is 18.2. The van der Waals surface area contributed by atoms with E-state index in [1.54, 1.807) is 0 Å². The van der Waals surface area contributed by atoms with E-state index in [0.29, 0.717) is 17.8 Å². The molecule has 3 rings (SSSR count). The summed E-state index contributed by atoms with van der Waals surface area (Å²) in [4.78, 5) is 0. The summed E-state index contributed by atoms with van der Waals surface area (Å²) < 4.78 is 0. The fourth-order valence-electron chi connectivity index (χ4n) is 8.29. The molecule has 3 fully saturated rings. The first-order valence-corrected chi connectivity index (χ1v) is 10.8. The molecule has 11 unspecified atom stereocenters. The fraction of sp³-hybridized carbons (Fsp3) is 1.00. The Morgan fingerprint density at radius 2 is 1.46 bits per heavy atom. The van der Waals surface area contributed by atoms with Gasteiger partial charge in [0, 0.05) is 5.41 Å². The van der Waals surface area contributed by atoms with E-state index in [1.165, 1.54) is 0 Å². The minimum atomic E-state index is -0.632. The highest BCUT2D eigenvalue weighted by molar-refractivity contribution is 5.18. The molecule has 3 aliphatic carbocycles. The molecule has 0 spiro atoms. The topological polar surface area (TPSA) is 60.7 Å². The molecule has 3 heteroatoms. The highest BCUT2D eigenvalue weighted by Crippen LogP contribution is 2.70. The molecular weight excluding hydrogens is 324 g/mol. The molecule has 0 radical (unpaired) electrons. The third-order valence-corrected chi connectivity index (χ3v) is 10.4. The molecular formula is C23H42O3. The third kappa shape index (κ3) is 2.29. The number of hydrogen-bond donors (Lipinski definition) is 3. The van der Waals surface area contributed by atoms with Crippen molar-refractivity contribution in [1.29, 1.82) is 0 Å². The van der Waals surface area contributed by atoms with E-state index < -0.39 is 23.2 Å². The standard InChI is InChI=1S/C23H42O3/c1-13-9-11-20(5)17(23(13,8)26)10-12-21(6)18(20)14(2)15(3)22(7,16(4)24)19(21)25/h13-19,24-26H,9-12H2,1-8H3. The largest absolute Gasteiger partial charge is 0.393 e. The molecule has 3 N–H and O–H groups in total. The summed E-state index contributed by atoms with van der Waals surface area (Å²) in [5, 5.41) is 33.6. The molecule has 3 saturated carbocycles. The van der Waals surface area contributed by atoms with Crippen LogP contribution in [0.2, 0.25) is 0 Å². The van der Waals surface area contributed by atoms with Crippen LogP contribution in [-0.2, 0) is 0 Å². The van der Waals surface area contributed by atoms with Crippen molar-refractivity contribution in [3.63, 3.8) is 0 Å². The van der Waals surface area contributed by atoms with Crippen LogP contribution >= 0.6 is 0 Å². The molecule has 0 aliphatic heterocycles. The van der Waals surface area contributed by atoms with E-state index in [0.717, 1.165) is 25.7 Å². The van der Waals surface area contributed by atoms with Gasteiger partial charge in [0.15, 0.2) is 0 Å². The van der Waals surface area contributed by atoms with Crippen molar-refractivity contribution in [1.82, 2.24) is 0 Å². The molecule has 11 atom stereocenters. The van der Waals surface area contributed by atoms with E-state index in [2.05, 4.69) is 48.5 Å². The lowest BCUT2D eigenvalue weighted by atomic mass is 9.35. The number of rotatable bonds is 1. The Bertz CT molecular complexity index is 558. The molecule has 0 amide bonds. The second-order valence-electron chi connectivity index (χ2n) is 11.3. The van der Waals surface area contributed by atoms with Crippen molar-refractivity contribution >= 4 is 0 Å². The van der Waals surface area contributed by atoms with Crippen LogP contribution in [0.3, 0.4) is 0 Å². The van der Waals surface area contributed by atoms with Crippen LogP contribution in [0.25, 0.3) is 0 Å². The van der Waals surface area contributed by atoms with Crippen LogP contribution in [0.1, 0.15) is 81.1 Å². The molecule has 26 heavy (non-hydrogen) atoms. The summed E-state index contributed by atoms with van der Waals surface area (Å²) >= 11 is 0. The number of fused-ring (bicyclic) bond motifs is 3. The van der Waals surface area contributed by atoms with Crippen molar-refractivity contribution in [3.8, 4) is 0 Å². The van der Waals surface area contributed by atoms with Crippen molar-refractivity contribution in [2.24, 2.45) is 45.8 Å². The van der Waals surface area contributed by atoms with Crippen LogP contribution < -0.4 is 0 Å². The van der Waals surface area contributed by atoms with Gasteiger partial charge in [-0.1, -0.05) is 41.5 Å². The van der Waals surface area contributed by atoms with Crippen LogP contribution in [0.5, 0.6) is 0 Å². The highest BCUT2D eigenvalue weighted by atomic mass is 16.3. The van der Waals surface area contributed by atoms with E-state index in [1.807, 2.05) is 6.92 Å². The van der Waals surface area contributed by atoms with E-state index in [9.17, 15) is 15.3 Å². The van der Waals surface area contributed by atoms with Crippen LogP contribution in [0.4, 0.5) is 0 Å². The number of aliphatic hydroxyl groups excluding tert-OH is 2. The molecule has 3 aliphatic rings. The fourth-order valence-corrected chi connectivity index (χ4v) is 8.29. The molecule has 0 bridgehead atoms. The van der Waals surface area contributed by atoms with Crippen molar-refractivity contribution < 1.29 is 15.3 Å². The molecule has 152 valence electrons. The molecule has 0 aromatic carbocycles. The van der Waals surface area contributed by atoms with Crippen LogP contribution in [-0.4, -0.2) is 33.1 Å². The average molecular weight is 367 g/mol. The molecule has 0 saturated heterocycles. The summed E-state index contributed by atoms with van der Waals surface area (Å²) in [6.07, 6.45) is 3.03. The van der Waals surface area contributed by atoms with Gasteiger partial charge in [-0.3, -0.25) is 0 Å². The second-order valence-corrected chi connectivity index (χ2v) is 11.3. The Morgan fingerprint density at radius 3 is 2.00 bits per heavy atom. The average Bonchev–Trinajstić information content (AvgIpc) is 2.54. The summed E-state index contributed by atoms with van der Waals surface area (Å²) in [6.45, 7) is 17.4. The smallest absolute Gasteiger partial charge is 0.0678 e. The Morgan fingerprint density at radius 1 is 0.923 bits per heavy atom. The minimum Gasteiger partial charge on any atom is -0.393 e. The highest BCUT2D eigenvalue weighted by Gasteiger charge is 2.69. The van der Waals surface area contributed by atoms with Gasteiger partial charge in [0.25, 0.3) is 0 Å². The first-order chi connectivity index (χ1) is 11.8. The molecule has 0 heterocycles. The van der Waals surface area contributed by atoms with Crippen LogP contribution in [0.15, 0.2) is 0 Å². The molecule has 0 aromatic rings. The maximum atomic E-state index is 11.6. The summed E-state index contributed by atoms with van der Waals surface area (Å²) in [5.41, 5.74) is -1.29. The monoisotopic (exact) mass is 366 g/mol. The molecule has 3 nitrogen and oxygen atoms in total. The first kappa shape index (κ1) is 20.6. The van der Waals surface area contributed by atoms with Gasteiger partial charge >= 0.3 is 0 Å². The van der Waals surface area contributed by atoms with Gasteiger partial charge in [-0.25, -0.2) is 0 Å². The summed E-state index contributed by atoms with van der Waals surface area (Å²) in [6, 6.07) is 0. The van der Waals surface area contributed by atoms with Gasteiger partial charge < -0.3 is 15.3 Å². The summed E-state index contributed by atoms with van der Waals surface area (Å²) in [5.74, 6) is 1.61. The third-order valence-electron chi connectivity index (χ3n) is 10.4. The first-order valence-electron chi connectivity index (χ1n) is 10.8. The van der Waals surface area contributed by atoms with Crippen molar-refractivity contribution in [2.45, 2.75) is 98.9 Å². The van der Waals surface area contributed by atoms with Gasteiger partial charge in [0.1, 0.15) is 0 Å². The lowest BCUT2D eigenvalue weighted by Crippen LogP contribution is -2.70. The minimum absolute atomic E-state index is 0.0394. The van der Waals surface area contributed by atoms with E-state index in [-0.39, 0.29) is 22.7 Å². The van der Waals surface area contributed by atoms with Gasteiger partial charge in [-0.15, -0.1) is 0 Å². The SMILES string of the molecule is CC1C2C3(C)CCC(C)C(C)(O)C3CCC2(C)C(O)C(C)(C(C)O)C1C. The Balaban J connectivity index is 2.11. The number of aliphatic hydroxyl groups is 3. The lowest BCUT2D eigenvalue weighted by molar-refractivity contribution is -0.280. The Labute approximate surface area is 160 Å². The zero-order valence-electron chi connectivity index (χ0n) is 18.2.